The van der Waals surface area contributed by atoms with Crippen molar-refractivity contribution in [2.45, 2.75) is 31.1 Å². The molecule has 1 unspecified atom stereocenters. The summed E-state index contributed by atoms with van der Waals surface area (Å²) in [5, 5.41) is 0. The molecule has 1 fully saturated rings. The minimum absolute atomic E-state index is 0.279. The Kier molecular flexibility index (Phi) is 5.84. The Balaban J connectivity index is 1.70. The van der Waals surface area contributed by atoms with Crippen molar-refractivity contribution in [2.24, 2.45) is 0 Å². The topological polar surface area (TPSA) is 58.6 Å². The van der Waals surface area contributed by atoms with Gasteiger partial charge in [0.05, 0.1) is 18.1 Å². The van der Waals surface area contributed by atoms with E-state index in [2.05, 4.69) is 23.5 Å². The molecule has 0 amide bonds. The van der Waals surface area contributed by atoms with Gasteiger partial charge in [0.25, 0.3) is 10.0 Å². The van der Waals surface area contributed by atoms with Gasteiger partial charge in [0.1, 0.15) is 0 Å². The molecule has 1 atom stereocenters. The summed E-state index contributed by atoms with van der Waals surface area (Å²) in [5.74, 6) is 0.424. The zero-order valence-electron chi connectivity index (χ0n) is 15.3. The highest BCUT2D eigenvalue weighted by molar-refractivity contribution is 7.92. The van der Waals surface area contributed by atoms with Gasteiger partial charge in [0, 0.05) is 24.5 Å². The van der Waals surface area contributed by atoms with Crippen LogP contribution in [-0.4, -0.2) is 34.7 Å². The zero-order chi connectivity index (χ0) is 18.6. The smallest absolute Gasteiger partial charge is 0.261 e. The van der Waals surface area contributed by atoms with E-state index in [9.17, 15) is 8.42 Å². The van der Waals surface area contributed by atoms with Gasteiger partial charge in [0.15, 0.2) is 0 Å². The average Bonchev–Trinajstić information content (AvgIpc) is 2.68. The van der Waals surface area contributed by atoms with Crippen LogP contribution in [0.5, 0.6) is 0 Å². The van der Waals surface area contributed by atoms with Crippen molar-refractivity contribution in [3.8, 4) is 0 Å². The van der Waals surface area contributed by atoms with Gasteiger partial charge >= 0.3 is 0 Å². The van der Waals surface area contributed by atoms with Gasteiger partial charge in [-0.3, -0.25) is 4.72 Å². The molecule has 1 aliphatic heterocycles. The lowest BCUT2D eigenvalue weighted by Gasteiger charge is -2.28. The summed E-state index contributed by atoms with van der Waals surface area (Å²) in [4.78, 5) is 2.51. The Labute approximate surface area is 156 Å². The minimum Gasteiger partial charge on any atom is -0.378 e. The van der Waals surface area contributed by atoms with Crippen LogP contribution in [-0.2, 0) is 14.8 Å². The molecule has 5 nitrogen and oxygen atoms in total. The molecule has 0 radical (unpaired) electrons. The summed E-state index contributed by atoms with van der Waals surface area (Å²) in [6, 6.07) is 14.6. The molecule has 2 aromatic rings. The predicted octanol–water partition coefficient (Wildman–Crippen LogP) is 3.84. The highest BCUT2D eigenvalue weighted by atomic mass is 32.2. The summed E-state index contributed by atoms with van der Waals surface area (Å²) < 4.78 is 33.2. The van der Waals surface area contributed by atoms with Crippen LogP contribution in [0.25, 0.3) is 0 Å². The van der Waals surface area contributed by atoms with E-state index >= 15 is 0 Å². The molecule has 0 saturated carbocycles. The molecule has 2 aromatic carbocycles. The molecule has 0 aliphatic carbocycles. The van der Waals surface area contributed by atoms with Crippen molar-refractivity contribution in [1.82, 2.24) is 0 Å². The second kappa shape index (κ2) is 8.10. The van der Waals surface area contributed by atoms with Crippen LogP contribution in [0.4, 0.5) is 11.4 Å². The van der Waals surface area contributed by atoms with Crippen LogP contribution in [0, 0.1) is 0 Å². The zero-order valence-corrected chi connectivity index (χ0v) is 16.1. The normalized spacial score (nSPS) is 16.3. The minimum atomic E-state index is -3.58. The quantitative estimate of drug-likeness (QED) is 0.835. The first-order valence-electron chi connectivity index (χ1n) is 9.05. The molecule has 0 spiro atoms. The maximum Gasteiger partial charge on any atom is 0.261 e. The number of rotatable bonds is 6. The van der Waals surface area contributed by atoms with E-state index in [-0.39, 0.29) is 4.90 Å². The molecule has 0 aromatic heterocycles. The first-order valence-corrected chi connectivity index (χ1v) is 10.5. The molecule has 0 bridgehead atoms. The SMILES string of the molecule is CCC(C)c1ccc(S(=O)(=O)Nc2ccc(N3CCOCC3)cc2)cc1. The van der Waals surface area contributed by atoms with Gasteiger partial charge < -0.3 is 9.64 Å². The van der Waals surface area contributed by atoms with Gasteiger partial charge in [-0.15, -0.1) is 0 Å². The number of nitrogens with one attached hydrogen (secondary N) is 1. The number of nitrogens with zero attached hydrogens (tertiary/aromatic N) is 1. The highest BCUT2D eigenvalue weighted by Crippen LogP contribution is 2.23. The van der Waals surface area contributed by atoms with E-state index in [1.807, 2.05) is 24.3 Å². The molecular formula is C20H26N2O3S. The van der Waals surface area contributed by atoms with Crippen molar-refractivity contribution < 1.29 is 13.2 Å². The molecule has 3 rings (SSSR count). The van der Waals surface area contributed by atoms with Crippen molar-refractivity contribution in [2.75, 3.05) is 35.9 Å². The Morgan fingerprint density at radius 2 is 1.65 bits per heavy atom. The van der Waals surface area contributed by atoms with Crippen LogP contribution in [0.3, 0.4) is 0 Å². The average molecular weight is 375 g/mol. The molecule has 1 heterocycles. The molecule has 1 N–H and O–H groups in total. The lowest BCUT2D eigenvalue weighted by atomic mass is 9.99. The van der Waals surface area contributed by atoms with Crippen LogP contribution in [0.1, 0.15) is 31.7 Å². The Hall–Kier alpha value is -2.05. The molecule has 26 heavy (non-hydrogen) atoms. The number of anilines is 2. The highest BCUT2D eigenvalue weighted by Gasteiger charge is 2.16. The summed E-state index contributed by atoms with van der Waals surface area (Å²) in [5.41, 5.74) is 2.79. The largest absolute Gasteiger partial charge is 0.378 e. The van der Waals surface area contributed by atoms with E-state index in [0.29, 0.717) is 11.6 Å². The van der Waals surface area contributed by atoms with Crippen molar-refractivity contribution in [3.05, 3.63) is 54.1 Å². The maximum absolute atomic E-state index is 12.6. The lowest BCUT2D eigenvalue weighted by Crippen LogP contribution is -2.36. The van der Waals surface area contributed by atoms with E-state index in [1.165, 1.54) is 0 Å². The van der Waals surface area contributed by atoms with Gasteiger partial charge in [-0.2, -0.15) is 0 Å². The standard InChI is InChI=1S/C20H26N2O3S/c1-3-16(2)17-4-10-20(11-5-17)26(23,24)21-18-6-8-19(9-7-18)22-12-14-25-15-13-22/h4-11,16,21H,3,12-15H2,1-2H3. The lowest BCUT2D eigenvalue weighted by molar-refractivity contribution is 0.122. The van der Waals surface area contributed by atoms with Crippen molar-refractivity contribution in [3.63, 3.8) is 0 Å². The second-order valence-corrected chi connectivity index (χ2v) is 8.31. The maximum atomic E-state index is 12.6. The fraction of sp³-hybridized carbons (Fsp3) is 0.400. The molecule has 1 saturated heterocycles. The van der Waals surface area contributed by atoms with E-state index < -0.39 is 10.0 Å². The molecular weight excluding hydrogens is 348 g/mol. The van der Waals surface area contributed by atoms with E-state index in [0.717, 1.165) is 44.0 Å². The van der Waals surface area contributed by atoms with Gasteiger partial charge in [-0.1, -0.05) is 26.0 Å². The molecule has 1 aliphatic rings. The van der Waals surface area contributed by atoms with Gasteiger partial charge in [-0.05, 0) is 54.3 Å². The van der Waals surface area contributed by atoms with Crippen LogP contribution in [0.2, 0.25) is 0 Å². The third kappa shape index (κ3) is 4.37. The van der Waals surface area contributed by atoms with Gasteiger partial charge in [-0.25, -0.2) is 8.42 Å². The molecule has 140 valence electrons. The van der Waals surface area contributed by atoms with Crippen LogP contribution >= 0.6 is 0 Å². The summed E-state index contributed by atoms with van der Waals surface area (Å²) >= 11 is 0. The monoisotopic (exact) mass is 374 g/mol. The van der Waals surface area contributed by atoms with Crippen molar-refractivity contribution >= 4 is 21.4 Å². The first-order chi connectivity index (χ1) is 12.5. The van der Waals surface area contributed by atoms with Crippen LogP contribution < -0.4 is 9.62 Å². The fourth-order valence-electron chi connectivity index (χ4n) is 2.99. The number of morpholine rings is 1. The van der Waals surface area contributed by atoms with E-state index in [1.54, 1.807) is 24.3 Å². The Bertz CT molecular complexity index is 811. The number of sulfonamides is 1. The number of benzene rings is 2. The Morgan fingerprint density at radius 1 is 1.04 bits per heavy atom. The third-order valence-electron chi connectivity index (χ3n) is 4.87. The van der Waals surface area contributed by atoms with E-state index in [4.69, 9.17) is 4.74 Å². The third-order valence-corrected chi connectivity index (χ3v) is 6.26. The second-order valence-electron chi connectivity index (χ2n) is 6.63. The molecule has 6 heteroatoms. The van der Waals surface area contributed by atoms with Gasteiger partial charge in [0.2, 0.25) is 0 Å². The fourth-order valence-corrected chi connectivity index (χ4v) is 4.05. The number of ether oxygens (including phenoxy) is 1. The number of hydrogen-bond donors (Lipinski definition) is 1. The van der Waals surface area contributed by atoms with Crippen molar-refractivity contribution in [1.29, 1.82) is 0 Å². The number of hydrogen-bond acceptors (Lipinski definition) is 4. The Morgan fingerprint density at radius 3 is 2.23 bits per heavy atom. The van der Waals surface area contributed by atoms with Crippen LogP contribution in [0.15, 0.2) is 53.4 Å². The summed E-state index contributed by atoms with van der Waals surface area (Å²) in [6.45, 7) is 7.42. The predicted molar refractivity (Wildman–Crippen MR) is 105 cm³/mol. The summed E-state index contributed by atoms with van der Waals surface area (Å²) in [7, 11) is -3.58. The summed E-state index contributed by atoms with van der Waals surface area (Å²) in [6.07, 6.45) is 1.03. The first kappa shape index (κ1) is 18.7.